The fourth-order valence-corrected chi connectivity index (χ4v) is 2.86. The first-order valence-corrected chi connectivity index (χ1v) is 8.39. The molecule has 0 aliphatic rings. The van der Waals surface area contributed by atoms with E-state index in [1.165, 1.54) is 5.56 Å². The molecule has 4 aromatic rings. The summed E-state index contributed by atoms with van der Waals surface area (Å²) >= 11 is 0. The predicted octanol–water partition coefficient (Wildman–Crippen LogP) is 5.41. The maximum atomic E-state index is 5.99. The second-order valence-corrected chi connectivity index (χ2v) is 6.05. The maximum absolute atomic E-state index is 5.99. The van der Waals surface area contributed by atoms with Gasteiger partial charge in [0.1, 0.15) is 17.2 Å². The van der Waals surface area contributed by atoms with Crippen molar-refractivity contribution in [1.29, 1.82) is 0 Å². The van der Waals surface area contributed by atoms with Crippen molar-refractivity contribution in [2.75, 3.05) is 7.11 Å². The van der Waals surface area contributed by atoms with Crippen molar-refractivity contribution in [2.45, 2.75) is 6.92 Å². The second-order valence-electron chi connectivity index (χ2n) is 6.05. The summed E-state index contributed by atoms with van der Waals surface area (Å²) in [6, 6.07) is 23.7. The molecule has 4 nitrogen and oxygen atoms in total. The van der Waals surface area contributed by atoms with Crippen LogP contribution in [0.15, 0.2) is 72.8 Å². The molecule has 0 amide bonds. The fourth-order valence-electron chi connectivity index (χ4n) is 2.86. The molecular weight excluding hydrogens is 324 g/mol. The highest BCUT2D eigenvalue weighted by Gasteiger charge is 2.12. The van der Waals surface area contributed by atoms with Gasteiger partial charge >= 0.3 is 0 Å². The average Bonchev–Trinajstić information content (AvgIpc) is 2.69. The average molecular weight is 342 g/mol. The van der Waals surface area contributed by atoms with E-state index in [4.69, 9.17) is 9.47 Å². The molecule has 26 heavy (non-hydrogen) atoms. The summed E-state index contributed by atoms with van der Waals surface area (Å²) in [6.07, 6.45) is 0. The minimum atomic E-state index is 0.477. The van der Waals surface area contributed by atoms with Crippen molar-refractivity contribution < 1.29 is 9.47 Å². The first-order chi connectivity index (χ1) is 12.7. The number of aryl methyl sites for hydroxylation is 1. The Hall–Kier alpha value is -3.40. The van der Waals surface area contributed by atoms with Gasteiger partial charge < -0.3 is 9.47 Å². The number of aromatic nitrogens is 2. The van der Waals surface area contributed by atoms with Gasteiger partial charge in [-0.05, 0) is 25.1 Å². The zero-order chi connectivity index (χ0) is 17.9. The number of rotatable bonds is 4. The highest BCUT2D eigenvalue weighted by molar-refractivity contribution is 5.97. The van der Waals surface area contributed by atoms with Gasteiger partial charge in [-0.15, -0.1) is 10.2 Å². The van der Waals surface area contributed by atoms with E-state index >= 15 is 0 Å². The molecule has 4 rings (SSSR count). The summed E-state index contributed by atoms with van der Waals surface area (Å²) < 4.78 is 11.2. The zero-order valence-electron chi connectivity index (χ0n) is 14.6. The van der Waals surface area contributed by atoms with Gasteiger partial charge in [0.2, 0.25) is 5.88 Å². The molecule has 1 heterocycles. The van der Waals surface area contributed by atoms with Crippen molar-refractivity contribution in [3.05, 3.63) is 78.4 Å². The molecule has 0 spiro atoms. The first-order valence-electron chi connectivity index (χ1n) is 8.39. The van der Waals surface area contributed by atoms with Gasteiger partial charge in [-0.2, -0.15) is 0 Å². The minimum Gasteiger partial charge on any atom is -0.497 e. The number of hydrogen-bond donors (Lipinski definition) is 0. The number of ether oxygens (including phenoxy) is 2. The molecule has 0 N–H and O–H groups in total. The van der Waals surface area contributed by atoms with E-state index in [0.717, 1.165) is 27.8 Å². The Labute approximate surface area is 152 Å². The van der Waals surface area contributed by atoms with Crippen LogP contribution in [0.1, 0.15) is 5.56 Å². The van der Waals surface area contributed by atoms with Crippen LogP contribution in [0.2, 0.25) is 0 Å². The lowest BCUT2D eigenvalue weighted by Gasteiger charge is -2.11. The molecule has 1 aromatic heterocycles. The minimum absolute atomic E-state index is 0.477. The number of nitrogens with zero attached hydrogens (tertiary/aromatic N) is 2. The van der Waals surface area contributed by atoms with E-state index in [1.54, 1.807) is 7.11 Å². The number of fused-ring (bicyclic) bond motifs is 1. The third-order valence-corrected chi connectivity index (χ3v) is 4.23. The van der Waals surface area contributed by atoms with Crippen molar-refractivity contribution in [3.8, 4) is 28.6 Å². The molecular formula is C22H18N2O2. The highest BCUT2D eigenvalue weighted by atomic mass is 16.5. The molecule has 0 saturated carbocycles. The number of hydrogen-bond acceptors (Lipinski definition) is 4. The van der Waals surface area contributed by atoms with E-state index in [-0.39, 0.29) is 0 Å². The molecule has 0 atom stereocenters. The van der Waals surface area contributed by atoms with Gasteiger partial charge in [0.05, 0.1) is 7.11 Å². The van der Waals surface area contributed by atoms with Crippen LogP contribution in [0.4, 0.5) is 0 Å². The van der Waals surface area contributed by atoms with Crippen LogP contribution >= 0.6 is 0 Å². The Balaban J connectivity index is 1.80. The topological polar surface area (TPSA) is 44.2 Å². The lowest BCUT2D eigenvalue weighted by molar-refractivity contribution is 0.407. The van der Waals surface area contributed by atoms with Gasteiger partial charge in [0, 0.05) is 22.4 Å². The summed E-state index contributed by atoms with van der Waals surface area (Å²) in [7, 11) is 1.63. The van der Waals surface area contributed by atoms with Crippen molar-refractivity contribution >= 4 is 10.8 Å². The third-order valence-electron chi connectivity index (χ3n) is 4.23. The molecule has 0 saturated heterocycles. The van der Waals surface area contributed by atoms with Crippen LogP contribution < -0.4 is 9.47 Å². The molecule has 3 aromatic carbocycles. The summed E-state index contributed by atoms with van der Waals surface area (Å²) in [4.78, 5) is 0. The lowest BCUT2D eigenvalue weighted by Crippen LogP contribution is -1.96. The highest BCUT2D eigenvalue weighted by Crippen LogP contribution is 2.33. The van der Waals surface area contributed by atoms with Gasteiger partial charge in [-0.3, -0.25) is 0 Å². The monoisotopic (exact) mass is 342 g/mol. The summed E-state index contributed by atoms with van der Waals surface area (Å²) in [5.41, 5.74) is 3.09. The van der Waals surface area contributed by atoms with Gasteiger partial charge in [-0.1, -0.05) is 54.1 Å². The van der Waals surface area contributed by atoms with Crippen LogP contribution in [0.5, 0.6) is 17.4 Å². The fraction of sp³-hybridized carbons (Fsp3) is 0.0909. The first kappa shape index (κ1) is 16.1. The normalized spacial score (nSPS) is 10.7. The van der Waals surface area contributed by atoms with E-state index in [9.17, 15) is 0 Å². The standard InChI is InChI=1S/C22H18N2O2/c1-15-10-12-16(13-11-15)21-19-8-3-4-9-20(19)22(24-23-21)26-18-7-5-6-17(14-18)25-2/h3-14H,1-2H3. The van der Waals surface area contributed by atoms with Crippen LogP contribution in [0.25, 0.3) is 22.0 Å². The maximum Gasteiger partial charge on any atom is 0.246 e. The SMILES string of the molecule is COc1cccc(Oc2nnc(-c3ccc(C)cc3)c3ccccc23)c1. The van der Waals surface area contributed by atoms with Crippen LogP contribution in [-0.2, 0) is 0 Å². The number of benzene rings is 3. The van der Waals surface area contributed by atoms with Crippen molar-refractivity contribution in [1.82, 2.24) is 10.2 Å². The summed E-state index contributed by atoms with van der Waals surface area (Å²) in [6.45, 7) is 2.07. The van der Waals surface area contributed by atoms with Crippen molar-refractivity contribution in [3.63, 3.8) is 0 Å². The lowest BCUT2D eigenvalue weighted by atomic mass is 10.0. The van der Waals surface area contributed by atoms with Gasteiger partial charge in [-0.25, -0.2) is 0 Å². The second kappa shape index (κ2) is 6.84. The van der Waals surface area contributed by atoms with E-state index < -0.39 is 0 Å². The molecule has 4 heteroatoms. The number of methoxy groups -OCH3 is 1. The van der Waals surface area contributed by atoms with Gasteiger partial charge in [0.25, 0.3) is 0 Å². The van der Waals surface area contributed by atoms with E-state index in [2.05, 4.69) is 41.4 Å². The Morgan fingerprint density at radius 2 is 1.46 bits per heavy atom. The quantitative estimate of drug-likeness (QED) is 0.498. The molecule has 0 bridgehead atoms. The van der Waals surface area contributed by atoms with Crippen LogP contribution in [0, 0.1) is 6.92 Å². The molecule has 0 aliphatic heterocycles. The largest absolute Gasteiger partial charge is 0.497 e. The molecule has 128 valence electrons. The van der Waals surface area contributed by atoms with Crippen LogP contribution in [0.3, 0.4) is 0 Å². The summed E-state index contributed by atoms with van der Waals surface area (Å²) in [5, 5.41) is 10.7. The third kappa shape index (κ3) is 3.09. The Kier molecular flexibility index (Phi) is 4.23. The molecule has 0 radical (unpaired) electrons. The molecule has 0 aliphatic carbocycles. The predicted molar refractivity (Wildman–Crippen MR) is 103 cm³/mol. The summed E-state index contributed by atoms with van der Waals surface area (Å²) in [5.74, 6) is 1.87. The van der Waals surface area contributed by atoms with Gasteiger partial charge in [0.15, 0.2) is 0 Å². The molecule has 0 fully saturated rings. The Morgan fingerprint density at radius 3 is 2.23 bits per heavy atom. The Bertz CT molecular complexity index is 1060. The van der Waals surface area contributed by atoms with Crippen LogP contribution in [-0.4, -0.2) is 17.3 Å². The van der Waals surface area contributed by atoms with Crippen molar-refractivity contribution in [2.24, 2.45) is 0 Å². The van der Waals surface area contributed by atoms with E-state index in [1.807, 2.05) is 48.5 Å². The molecule has 0 unspecified atom stereocenters. The smallest absolute Gasteiger partial charge is 0.246 e. The zero-order valence-corrected chi connectivity index (χ0v) is 14.6. The van der Waals surface area contributed by atoms with E-state index in [0.29, 0.717) is 11.6 Å². The Morgan fingerprint density at radius 1 is 0.731 bits per heavy atom.